The second kappa shape index (κ2) is 7.69. The van der Waals surface area contributed by atoms with Crippen molar-refractivity contribution < 1.29 is 8.42 Å². The van der Waals surface area contributed by atoms with Gasteiger partial charge in [-0.15, -0.1) is 0 Å². The van der Waals surface area contributed by atoms with E-state index in [0.717, 1.165) is 22.4 Å². The van der Waals surface area contributed by atoms with Gasteiger partial charge in [-0.1, -0.05) is 6.07 Å². The highest BCUT2D eigenvalue weighted by Gasteiger charge is 2.29. The molecule has 10 heteroatoms. The van der Waals surface area contributed by atoms with E-state index in [-0.39, 0.29) is 28.8 Å². The number of hydrogen-bond donors (Lipinski definition) is 1. The highest BCUT2D eigenvalue weighted by Crippen LogP contribution is 2.34. The molecule has 4 aromatic rings. The van der Waals surface area contributed by atoms with Crippen molar-refractivity contribution in [2.24, 2.45) is 0 Å². The highest BCUT2D eigenvalue weighted by molar-refractivity contribution is 7.91. The number of fused-ring (bicyclic) bond motifs is 1. The Morgan fingerprint density at radius 2 is 1.91 bits per heavy atom. The standard InChI is InChI=1S/C22H19N7O2S/c23-10-17-20(14-5-8-32(30,31)9-6-14)28-22-18(13-27-29(22)21(17)24)15-3-4-19(26-12-15)16-2-1-7-25-11-16/h1-4,7,11-14H,5-6,8-9,24H2. The monoisotopic (exact) mass is 445 g/mol. The largest absolute Gasteiger partial charge is 0.382 e. The van der Waals surface area contributed by atoms with Gasteiger partial charge in [0.15, 0.2) is 5.65 Å². The molecule has 9 nitrogen and oxygen atoms in total. The number of anilines is 1. The van der Waals surface area contributed by atoms with Crippen LogP contribution in [0.4, 0.5) is 5.82 Å². The number of nitrogen functional groups attached to an aromatic ring is 1. The number of nitriles is 1. The number of hydrogen-bond acceptors (Lipinski definition) is 8. The molecule has 0 bridgehead atoms. The summed E-state index contributed by atoms with van der Waals surface area (Å²) in [5.41, 5.74) is 10.8. The zero-order chi connectivity index (χ0) is 22.3. The minimum atomic E-state index is -3.04. The van der Waals surface area contributed by atoms with Crippen molar-refractivity contribution in [3.05, 3.63) is 60.3 Å². The SMILES string of the molecule is N#Cc1c(C2CCS(=O)(=O)CC2)nc2c(-c3ccc(-c4cccnc4)nc3)cnn2c1N. The van der Waals surface area contributed by atoms with E-state index < -0.39 is 9.84 Å². The first-order chi connectivity index (χ1) is 15.5. The molecule has 5 heterocycles. The second-order valence-corrected chi connectivity index (χ2v) is 10.1. The number of pyridine rings is 2. The van der Waals surface area contributed by atoms with Crippen molar-refractivity contribution in [3.8, 4) is 28.5 Å². The molecule has 32 heavy (non-hydrogen) atoms. The Bertz CT molecular complexity index is 1440. The molecule has 1 aliphatic rings. The maximum atomic E-state index is 11.9. The van der Waals surface area contributed by atoms with Gasteiger partial charge >= 0.3 is 0 Å². The number of nitrogens with two attached hydrogens (primary N) is 1. The van der Waals surface area contributed by atoms with Gasteiger partial charge in [-0.25, -0.2) is 13.4 Å². The fourth-order valence-electron chi connectivity index (χ4n) is 4.05. The Morgan fingerprint density at radius 3 is 2.56 bits per heavy atom. The number of rotatable bonds is 3. The first-order valence-electron chi connectivity index (χ1n) is 10.1. The molecule has 5 rings (SSSR count). The fourth-order valence-corrected chi connectivity index (χ4v) is 5.54. The molecule has 0 radical (unpaired) electrons. The molecule has 0 aliphatic carbocycles. The molecule has 160 valence electrons. The number of sulfone groups is 1. The first kappa shape index (κ1) is 20.1. The van der Waals surface area contributed by atoms with Crippen LogP contribution in [0, 0.1) is 11.3 Å². The summed E-state index contributed by atoms with van der Waals surface area (Å²) in [4.78, 5) is 13.4. The third kappa shape index (κ3) is 3.46. The topological polar surface area (TPSA) is 140 Å². The van der Waals surface area contributed by atoms with Crippen molar-refractivity contribution in [3.63, 3.8) is 0 Å². The van der Waals surface area contributed by atoms with Crippen LogP contribution in [0.5, 0.6) is 0 Å². The van der Waals surface area contributed by atoms with E-state index in [2.05, 4.69) is 21.1 Å². The molecule has 0 spiro atoms. The molecule has 0 aromatic carbocycles. The summed E-state index contributed by atoms with van der Waals surface area (Å²) in [6, 6.07) is 9.75. The van der Waals surface area contributed by atoms with E-state index in [1.807, 2.05) is 24.3 Å². The summed E-state index contributed by atoms with van der Waals surface area (Å²) < 4.78 is 25.2. The highest BCUT2D eigenvalue weighted by atomic mass is 32.2. The molecule has 0 unspecified atom stereocenters. The third-order valence-corrected chi connectivity index (χ3v) is 7.51. The van der Waals surface area contributed by atoms with E-state index in [4.69, 9.17) is 10.7 Å². The summed E-state index contributed by atoms with van der Waals surface area (Å²) in [5, 5.41) is 14.0. The van der Waals surface area contributed by atoms with Gasteiger partial charge in [-0.2, -0.15) is 14.9 Å². The van der Waals surface area contributed by atoms with E-state index in [0.29, 0.717) is 24.2 Å². The molecule has 2 N–H and O–H groups in total. The molecule has 4 aromatic heterocycles. The van der Waals surface area contributed by atoms with Gasteiger partial charge in [0.2, 0.25) is 0 Å². The summed E-state index contributed by atoms with van der Waals surface area (Å²) in [6.45, 7) is 0. The first-order valence-corrected chi connectivity index (χ1v) is 11.9. The van der Waals surface area contributed by atoms with Crippen LogP contribution in [-0.2, 0) is 9.84 Å². The van der Waals surface area contributed by atoms with Crippen LogP contribution in [0.1, 0.15) is 30.0 Å². The zero-order valence-electron chi connectivity index (χ0n) is 17.0. The third-order valence-electron chi connectivity index (χ3n) is 5.80. The van der Waals surface area contributed by atoms with Gasteiger partial charge in [-0.05, 0) is 31.0 Å². The summed E-state index contributed by atoms with van der Waals surface area (Å²) in [5.74, 6) is 0.226. The molecule has 1 aliphatic heterocycles. The lowest BCUT2D eigenvalue weighted by molar-refractivity contribution is 0.544. The van der Waals surface area contributed by atoms with Crippen LogP contribution in [0.15, 0.2) is 49.1 Å². The second-order valence-electron chi connectivity index (χ2n) is 7.76. The lowest BCUT2D eigenvalue weighted by Gasteiger charge is -2.23. The van der Waals surface area contributed by atoms with Crippen molar-refractivity contribution in [1.29, 1.82) is 5.26 Å². The van der Waals surface area contributed by atoms with Gasteiger partial charge in [0.25, 0.3) is 0 Å². The predicted octanol–water partition coefficient (Wildman–Crippen LogP) is 2.60. The Morgan fingerprint density at radius 1 is 1.09 bits per heavy atom. The quantitative estimate of drug-likeness (QED) is 0.507. The number of nitrogens with zero attached hydrogens (tertiary/aromatic N) is 6. The van der Waals surface area contributed by atoms with Crippen molar-refractivity contribution in [2.45, 2.75) is 18.8 Å². The van der Waals surface area contributed by atoms with Gasteiger partial charge in [0, 0.05) is 41.2 Å². The molecular weight excluding hydrogens is 426 g/mol. The molecule has 0 atom stereocenters. The van der Waals surface area contributed by atoms with Crippen LogP contribution < -0.4 is 5.73 Å². The summed E-state index contributed by atoms with van der Waals surface area (Å²) in [7, 11) is -3.04. The Kier molecular flexibility index (Phi) is 4.83. The predicted molar refractivity (Wildman–Crippen MR) is 119 cm³/mol. The van der Waals surface area contributed by atoms with E-state index >= 15 is 0 Å². The van der Waals surface area contributed by atoms with E-state index in [1.54, 1.807) is 24.8 Å². The summed E-state index contributed by atoms with van der Waals surface area (Å²) >= 11 is 0. The van der Waals surface area contributed by atoms with Gasteiger partial charge in [-0.3, -0.25) is 9.97 Å². The van der Waals surface area contributed by atoms with Crippen molar-refractivity contribution in [2.75, 3.05) is 17.2 Å². The lowest BCUT2D eigenvalue weighted by atomic mass is 9.95. The van der Waals surface area contributed by atoms with Gasteiger partial charge in [0.1, 0.15) is 27.3 Å². The number of aromatic nitrogens is 5. The van der Waals surface area contributed by atoms with Crippen LogP contribution in [0.2, 0.25) is 0 Å². The maximum Gasteiger partial charge on any atom is 0.165 e. The molecule has 1 saturated heterocycles. The van der Waals surface area contributed by atoms with E-state index in [9.17, 15) is 13.7 Å². The Labute approximate surface area is 184 Å². The average molecular weight is 446 g/mol. The zero-order valence-corrected chi connectivity index (χ0v) is 17.8. The molecular formula is C22H19N7O2S. The molecule has 0 saturated carbocycles. The van der Waals surface area contributed by atoms with Crippen LogP contribution in [0.25, 0.3) is 28.0 Å². The minimum absolute atomic E-state index is 0.0845. The van der Waals surface area contributed by atoms with E-state index in [1.165, 1.54) is 4.52 Å². The normalized spacial score (nSPS) is 16.1. The maximum absolute atomic E-state index is 11.9. The van der Waals surface area contributed by atoms with Gasteiger partial charge < -0.3 is 5.73 Å². The van der Waals surface area contributed by atoms with Crippen molar-refractivity contribution in [1.82, 2.24) is 24.6 Å². The average Bonchev–Trinajstić information content (AvgIpc) is 3.24. The molecule has 1 fully saturated rings. The van der Waals surface area contributed by atoms with Gasteiger partial charge in [0.05, 0.1) is 29.1 Å². The van der Waals surface area contributed by atoms with Crippen LogP contribution >= 0.6 is 0 Å². The summed E-state index contributed by atoms with van der Waals surface area (Å²) in [6.07, 6.45) is 7.69. The van der Waals surface area contributed by atoms with Crippen molar-refractivity contribution >= 4 is 21.3 Å². The smallest absolute Gasteiger partial charge is 0.165 e. The minimum Gasteiger partial charge on any atom is -0.382 e. The van der Waals surface area contributed by atoms with Crippen LogP contribution in [-0.4, -0.2) is 44.5 Å². The Balaban J connectivity index is 1.58. The lowest BCUT2D eigenvalue weighted by Crippen LogP contribution is -2.24. The fraction of sp³-hybridized carbons (Fsp3) is 0.227. The van der Waals surface area contributed by atoms with Crippen LogP contribution in [0.3, 0.4) is 0 Å². The molecule has 0 amide bonds. The Hall–Kier alpha value is -3.84.